The van der Waals surface area contributed by atoms with Gasteiger partial charge >= 0.3 is 6.09 Å². The number of carbonyl (C=O) groups excluding carboxylic acids is 2. The lowest BCUT2D eigenvalue weighted by atomic mass is 9.84. The molecule has 2 fully saturated rings. The number of nitrogens with one attached hydrogen (secondary N) is 3. The lowest BCUT2D eigenvalue weighted by molar-refractivity contribution is -0.132. The molecule has 1 aliphatic heterocycles. The second-order valence-electron chi connectivity index (χ2n) is 11.4. The minimum atomic E-state index is -1.10. The van der Waals surface area contributed by atoms with Crippen molar-refractivity contribution in [2.45, 2.75) is 102 Å². The fraction of sp³-hybridized carbons (Fsp3) is 0.708. The second kappa shape index (κ2) is 9.85. The molecule has 34 heavy (non-hydrogen) atoms. The number of carboxylic acid groups (broad SMARTS) is 1. The van der Waals surface area contributed by atoms with E-state index < -0.39 is 18.0 Å². The van der Waals surface area contributed by atoms with Crippen LogP contribution in [-0.4, -0.2) is 74.1 Å². The zero-order chi connectivity index (χ0) is 25.3. The van der Waals surface area contributed by atoms with E-state index in [0.717, 1.165) is 6.42 Å². The molecule has 3 rings (SSSR count). The number of hydrogen-bond donors (Lipinski definition) is 4. The number of rotatable bonds is 5. The summed E-state index contributed by atoms with van der Waals surface area (Å²) < 4.78 is 0. The molecular formula is C24H38N6O4. The van der Waals surface area contributed by atoms with Crippen LogP contribution in [-0.2, 0) is 10.2 Å². The quantitative estimate of drug-likeness (QED) is 0.513. The van der Waals surface area contributed by atoms with Crippen molar-refractivity contribution in [3.8, 4) is 0 Å². The molecule has 1 saturated carbocycles. The van der Waals surface area contributed by atoms with Gasteiger partial charge in [0, 0.05) is 29.7 Å². The van der Waals surface area contributed by atoms with Gasteiger partial charge in [0.1, 0.15) is 17.6 Å². The molecule has 4 N–H and O–H groups in total. The van der Waals surface area contributed by atoms with Crippen LogP contribution in [0.15, 0.2) is 12.3 Å². The summed E-state index contributed by atoms with van der Waals surface area (Å²) in [6.45, 7) is 12.6. The van der Waals surface area contributed by atoms with Gasteiger partial charge < -0.3 is 26.0 Å². The van der Waals surface area contributed by atoms with Crippen LogP contribution in [0.1, 0.15) is 83.5 Å². The second-order valence-corrected chi connectivity index (χ2v) is 11.4. The van der Waals surface area contributed by atoms with Crippen molar-refractivity contribution in [2.75, 3.05) is 6.54 Å². The van der Waals surface area contributed by atoms with Gasteiger partial charge in [-0.3, -0.25) is 9.59 Å². The Balaban J connectivity index is 1.67. The molecule has 188 valence electrons. The van der Waals surface area contributed by atoms with E-state index in [4.69, 9.17) is 0 Å². The Hall–Kier alpha value is -2.75. The van der Waals surface area contributed by atoms with Gasteiger partial charge in [-0.1, -0.05) is 20.8 Å². The van der Waals surface area contributed by atoms with Gasteiger partial charge in [0.15, 0.2) is 0 Å². The van der Waals surface area contributed by atoms with Crippen LogP contribution < -0.4 is 16.0 Å². The summed E-state index contributed by atoms with van der Waals surface area (Å²) >= 11 is 0. The van der Waals surface area contributed by atoms with Crippen molar-refractivity contribution >= 4 is 17.9 Å². The van der Waals surface area contributed by atoms with E-state index in [-0.39, 0.29) is 40.7 Å². The van der Waals surface area contributed by atoms with Gasteiger partial charge in [0.05, 0.1) is 12.1 Å². The lowest BCUT2D eigenvalue weighted by Crippen LogP contribution is -2.59. The number of aromatic nitrogens is 2. The Morgan fingerprint density at radius 2 is 1.79 bits per heavy atom. The summed E-state index contributed by atoms with van der Waals surface area (Å²) in [4.78, 5) is 47.9. The van der Waals surface area contributed by atoms with Crippen LogP contribution in [0.4, 0.5) is 4.79 Å². The summed E-state index contributed by atoms with van der Waals surface area (Å²) in [7, 11) is 0. The first-order valence-electron chi connectivity index (χ1n) is 12.0. The fourth-order valence-electron chi connectivity index (χ4n) is 4.83. The van der Waals surface area contributed by atoms with Crippen molar-refractivity contribution in [1.29, 1.82) is 0 Å². The maximum atomic E-state index is 13.2. The summed E-state index contributed by atoms with van der Waals surface area (Å²) in [5.41, 5.74) is -0.161. The standard InChI is InChI=1S/C24H38N6O4/c1-23(2,3)21-25-11-9-15(27-21)19(31)26-16-10-12-30(20(16)32)18-8-7-14(29-24(4,5)6)13-17(18)28-22(33)34/h9,11,14,16-18,28-29H,7-8,10,12-13H2,1-6H3,(H,26,31)(H,33,34)/t14-,16+,17-,18+/m1/s1. The van der Waals surface area contributed by atoms with E-state index in [9.17, 15) is 19.5 Å². The topological polar surface area (TPSA) is 137 Å². The van der Waals surface area contributed by atoms with E-state index in [1.165, 1.54) is 6.07 Å². The molecule has 4 atom stereocenters. The lowest BCUT2D eigenvalue weighted by Gasteiger charge is -2.42. The predicted octanol–water partition coefficient (Wildman–Crippen LogP) is 2.05. The third-order valence-corrected chi connectivity index (χ3v) is 6.26. The molecule has 0 spiro atoms. The van der Waals surface area contributed by atoms with Gasteiger partial charge in [-0.25, -0.2) is 14.8 Å². The largest absolute Gasteiger partial charge is 0.465 e. The molecule has 3 amide bonds. The Bertz CT molecular complexity index is 923. The zero-order valence-corrected chi connectivity index (χ0v) is 21.0. The van der Waals surface area contributed by atoms with Crippen LogP contribution in [0.3, 0.4) is 0 Å². The number of nitrogens with zero attached hydrogens (tertiary/aromatic N) is 3. The minimum Gasteiger partial charge on any atom is -0.465 e. The summed E-state index contributed by atoms with van der Waals surface area (Å²) in [6.07, 6.45) is 3.06. The highest BCUT2D eigenvalue weighted by molar-refractivity contribution is 5.96. The Morgan fingerprint density at radius 1 is 1.09 bits per heavy atom. The van der Waals surface area contributed by atoms with Crippen LogP contribution >= 0.6 is 0 Å². The normalized spacial score (nSPS) is 25.8. The highest BCUT2D eigenvalue weighted by atomic mass is 16.4. The average molecular weight is 475 g/mol. The molecule has 1 saturated heterocycles. The van der Waals surface area contributed by atoms with E-state index in [2.05, 4.69) is 46.7 Å². The van der Waals surface area contributed by atoms with Crippen molar-refractivity contribution in [3.63, 3.8) is 0 Å². The van der Waals surface area contributed by atoms with E-state index in [1.54, 1.807) is 11.1 Å². The molecule has 0 aromatic carbocycles. The monoisotopic (exact) mass is 474 g/mol. The highest BCUT2D eigenvalue weighted by Crippen LogP contribution is 2.29. The van der Waals surface area contributed by atoms with Gasteiger partial charge in [-0.2, -0.15) is 0 Å². The Labute approximate surface area is 201 Å². The van der Waals surface area contributed by atoms with Crippen molar-refractivity contribution in [3.05, 3.63) is 23.8 Å². The Kier molecular flexibility index (Phi) is 7.50. The van der Waals surface area contributed by atoms with Gasteiger partial charge in [-0.05, 0) is 52.5 Å². The smallest absolute Gasteiger partial charge is 0.404 e. The predicted molar refractivity (Wildman–Crippen MR) is 128 cm³/mol. The van der Waals surface area contributed by atoms with Crippen molar-refractivity contribution in [2.24, 2.45) is 0 Å². The van der Waals surface area contributed by atoms with Crippen LogP contribution in [0.5, 0.6) is 0 Å². The molecule has 1 aromatic heterocycles. The third-order valence-electron chi connectivity index (χ3n) is 6.26. The molecule has 2 heterocycles. The van der Waals surface area contributed by atoms with Crippen LogP contribution in [0.25, 0.3) is 0 Å². The van der Waals surface area contributed by atoms with Gasteiger partial charge in [0.25, 0.3) is 5.91 Å². The number of carbonyl (C=O) groups is 3. The maximum absolute atomic E-state index is 13.2. The first-order valence-corrected chi connectivity index (χ1v) is 12.0. The first kappa shape index (κ1) is 25.9. The summed E-state index contributed by atoms with van der Waals surface area (Å²) in [5, 5.41) is 18.4. The summed E-state index contributed by atoms with van der Waals surface area (Å²) in [6, 6.07) is 0.432. The SMILES string of the molecule is CC(C)(C)N[C@@H]1CC[C@H](N2CC[C@H](NC(=O)c3ccnc(C(C)(C)C)n3)C2=O)[C@H](NC(=O)O)C1. The average Bonchev–Trinajstić information content (AvgIpc) is 3.06. The fourth-order valence-corrected chi connectivity index (χ4v) is 4.83. The van der Waals surface area contributed by atoms with E-state index in [0.29, 0.717) is 31.6 Å². The number of amides is 3. The van der Waals surface area contributed by atoms with Crippen LogP contribution in [0.2, 0.25) is 0 Å². The molecule has 1 aromatic rings. The molecule has 0 radical (unpaired) electrons. The van der Waals surface area contributed by atoms with Gasteiger partial charge in [0.2, 0.25) is 5.91 Å². The highest BCUT2D eigenvalue weighted by Gasteiger charge is 2.43. The van der Waals surface area contributed by atoms with E-state index in [1.807, 2.05) is 20.8 Å². The number of likely N-dealkylation sites (tertiary alicyclic amines) is 1. The number of hydrogen-bond acceptors (Lipinski definition) is 6. The molecule has 1 aliphatic carbocycles. The molecule has 10 nitrogen and oxygen atoms in total. The van der Waals surface area contributed by atoms with Crippen molar-refractivity contribution in [1.82, 2.24) is 30.8 Å². The molecular weight excluding hydrogens is 436 g/mol. The first-order chi connectivity index (χ1) is 15.7. The van der Waals surface area contributed by atoms with Crippen molar-refractivity contribution < 1.29 is 19.5 Å². The molecule has 10 heteroatoms. The van der Waals surface area contributed by atoms with Gasteiger partial charge in [-0.15, -0.1) is 0 Å². The van der Waals surface area contributed by atoms with Crippen LogP contribution in [0, 0.1) is 0 Å². The minimum absolute atomic E-state index is 0.0854. The Morgan fingerprint density at radius 3 is 2.41 bits per heavy atom. The summed E-state index contributed by atoms with van der Waals surface area (Å²) in [5.74, 6) is -0.0306. The molecule has 0 unspecified atom stereocenters. The molecule has 0 bridgehead atoms. The maximum Gasteiger partial charge on any atom is 0.404 e. The zero-order valence-electron chi connectivity index (χ0n) is 21.0. The van der Waals surface area contributed by atoms with E-state index >= 15 is 0 Å². The third kappa shape index (κ3) is 6.43. The molecule has 2 aliphatic rings.